The fourth-order valence-corrected chi connectivity index (χ4v) is 4.02. The zero-order valence-corrected chi connectivity index (χ0v) is 19.5. The van der Waals surface area contributed by atoms with Crippen molar-refractivity contribution in [3.8, 4) is 6.07 Å². The lowest BCUT2D eigenvalue weighted by atomic mass is 9.78. The van der Waals surface area contributed by atoms with Crippen LogP contribution in [0.15, 0.2) is 42.5 Å². The summed E-state index contributed by atoms with van der Waals surface area (Å²) >= 11 is 0. The number of anilines is 1. The van der Waals surface area contributed by atoms with Gasteiger partial charge in [-0.05, 0) is 48.7 Å². The van der Waals surface area contributed by atoms with Gasteiger partial charge in [0.05, 0.1) is 29.5 Å². The van der Waals surface area contributed by atoms with E-state index in [1.807, 2.05) is 0 Å². The number of rotatable bonds is 10. The second-order valence-electron chi connectivity index (χ2n) is 8.56. The van der Waals surface area contributed by atoms with Crippen LogP contribution in [0.2, 0.25) is 0 Å². The number of nitriles is 1. The van der Waals surface area contributed by atoms with Crippen molar-refractivity contribution in [2.75, 3.05) is 24.6 Å². The molecule has 0 aromatic heterocycles. The first kappa shape index (κ1) is 27.6. The van der Waals surface area contributed by atoms with Gasteiger partial charge in [0.1, 0.15) is 12.4 Å². The van der Waals surface area contributed by atoms with E-state index in [1.54, 1.807) is 6.07 Å². The zero-order valence-electron chi connectivity index (χ0n) is 19.5. The third kappa shape index (κ3) is 6.83. The van der Waals surface area contributed by atoms with E-state index in [9.17, 15) is 31.9 Å². The number of aliphatic hydroxyl groups excluding tert-OH is 1. The van der Waals surface area contributed by atoms with Crippen molar-refractivity contribution in [1.29, 1.82) is 5.26 Å². The minimum Gasteiger partial charge on any atom is -0.395 e. The second-order valence-corrected chi connectivity index (χ2v) is 8.56. The highest BCUT2D eigenvalue weighted by Gasteiger charge is 2.40. The SMILES string of the molecule is N#Cc1ccc(N(C=O)CC(=O)N(Cc2ccc(C(F)(F)F)cc2)C2CC(C(=O)NCCO)C2)c(F)c1. The summed E-state index contributed by atoms with van der Waals surface area (Å²) in [5, 5.41) is 20.3. The molecule has 1 saturated carbocycles. The van der Waals surface area contributed by atoms with Gasteiger partial charge in [0.25, 0.3) is 0 Å². The lowest BCUT2D eigenvalue weighted by molar-refractivity contribution is -0.141. The van der Waals surface area contributed by atoms with E-state index in [2.05, 4.69) is 5.32 Å². The van der Waals surface area contributed by atoms with Crippen molar-refractivity contribution < 1.29 is 37.1 Å². The minimum absolute atomic E-state index is 0.0299. The Bertz CT molecular complexity index is 1170. The number of nitrogens with one attached hydrogen (secondary N) is 1. The van der Waals surface area contributed by atoms with Crippen LogP contribution in [0.25, 0.3) is 0 Å². The summed E-state index contributed by atoms with van der Waals surface area (Å²) in [5.74, 6) is -2.19. The molecule has 12 heteroatoms. The molecule has 1 fully saturated rings. The molecule has 0 atom stereocenters. The number of aliphatic hydroxyl groups is 1. The summed E-state index contributed by atoms with van der Waals surface area (Å²) in [4.78, 5) is 39.3. The van der Waals surface area contributed by atoms with Crippen molar-refractivity contribution >= 4 is 23.9 Å². The number of nitrogens with zero attached hydrogens (tertiary/aromatic N) is 3. The zero-order chi connectivity index (χ0) is 27.2. The van der Waals surface area contributed by atoms with E-state index >= 15 is 0 Å². The van der Waals surface area contributed by atoms with E-state index in [1.165, 1.54) is 29.2 Å². The van der Waals surface area contributed by atoms with Gasteiger partial charge < -0.3 is 20.2 Å². The minimum atomic E-state index is -4.52. The average Bonchev–Trinajstić information content (AvgIpc) is 2.84. The molecule has 0 spiro atoms. The molecule has 0 saturated heterocycles. The molecule has 3 rings (SSSR count). The van der Waals surface area contributed by atoms with Gasteiger partial charge in [-0.3, -0.25) is 14.4 Å². The van der Waals surface area contributed by atoms with Gasteiger partial charge in [-0.15, -0.1) is 0 Å². The number of carbonyl (C=O) groups excluding carboxylic acids is 3. The van der Waals surface area contributed by atoms with Gasteiger partial charge in [0, 0.05) is 25.0 Å². The number of benzene rings is 2. The smallest absolute Gasteiger partial charge is 0.395 e. The largest absolute Gasteiger partial charge is 0.416 e. The Labute approximate surface area is 210 Å². The normalized spacial score (nSPS) is 16.8. The molecular weight excluding hydrogens is 496 g/mol. The molecule has 37 heavy (non-hydrogen) atoms. The molecule has 0 radical (unpaired) electrons. The molecule has 1 aliphatic rings. The Kier molecular flexibility index (Phi) is 8.83. The van der Waals surface area contributed by atoms with Gasteiger partial charge in [-0.1, -0.05) is 12.1 Å². The molecule has 2 aromatic carbocycles. The van der Waals surface area contributed by atoms with Crippen molar-refractivity contribution in [2.24, 2.45) is 5.92 Å². The predicted molar refractivity (Wildman–Crippen MR) is 123 cm³/mol. The molecule has 0 heterocycles. The van der Waals surface area contributed by atoms with Gasteiger partial charge >= 0.3 is 6.18 Å². The molecule has 1 aliphatic carbocycles. The second kappa shape index (κ2) is 11.8. The van der Waals surface area contributed by atoms with Crippen LogP contribution in [0.5, 0.6) is 0 Å². The third-order valence-electron chi connectivity index (χ3n) is 6.11. The maximum atomic E-state index is 14.5. The first-order valence-electron chi connectivity index (χ1n) is 11.3. The fourth-order valence-electron chi connectivity index (χ4n) is 4.02. The summed E-state index contributed by atoms with van der Waals surface area (Å²) in [7, 11) is 0. The number of alkyl halides is 3. The number of carbonyl (C=O) groups is 3. The maximum absolute atomic E-state index is 14.5. The number of hydrogen-bond donors (Lipinski definition) is 2. The monoisotopic (exact) mass is 520 g/mol. The fraction of sp³-hybridized carbons (Fsp3) is 0.360. The standard InChI is InChI=1S/C25H24F4N4O4/c26-21-9-17(12-30)3-6-22(21)32(15-35)14-23(36)33(20-10-18(11-20)24(37)31-7-8-34)13-16-1-4-19(5-2-16)25(27,28)29/h1-6,9,15,18,20,34H,7-8,10-11,13-14H2,(H,31,37). The van der Waals surface area contributed by atoms with E-state index in [-0.39, 0.29) is 56.1 Å². The first-order chi connectivity index (χ1) is 17.6. The van der Waals surface area contributed by atoms with Crippen LogP contribution in [-0.2, 0) is 27.1 Å². The van der Waals surface area contributed by atoms with Gasteiger partial charge in [-0.2, -0.15) is 18.4 Å². The van der Waals surface area contributed by atoms with Gasteiger partial charge in [0.15, 0.2) is 0 Å². The first-order valence-corrected chi connectivity index (χ1v) is 11.3. The highest BCUT2D eigenvalue weighted by molar-refractivity contribution is 5.89. The molecule has 196 valence electrons. The van der Waals surface area contributed by atoms with Crippen LogP contribution in [0.3, 0.4) is 0 Å². The lowest BCUT2D eigenvalue weighted by Crippen LogP contribution is -2.53. The summed E-state index contributed by atoms with van der Waals surface area (Å²) in [6.07, 6.45) is -3.71. The molecule has 0 aliphatic heterocycles. The van der Waals surface area contributed by atoms with Crippen LogP contribution in [0.4, 0.5) is 23.2 Å². The van der Waals surface area contributed by atoms with Gasteiger partial charge in [-0.25, -0.2) is 4.39 Å². The quantitative estimate of drug-likeness (QED) is 0.369. The Morgan fingerprint density at radius 3 is 2.38 bits per heavy atom. The molecule has 0 unspecified atom stereocenters. The summed E-state index contributed by atoms with van der Waals surface area (Å²) in [6.45, 7) is -0.799. The summed E-state index contributed by atoms with van der Waals surface area (Å²) in [6, 6.07) is 9.01. The molecular formula is C25H24F4N4O4. The van der Waals surface area contributed by atoms with Crippen LogP contribution in [0, 0.1) is 23.1 Å². The summed E-state index contributed by atoms with van der Waals surface area (Å²) < 4.78 is 53.2. The molecule has 2 N–H and O–H groups in total. The van der Waals surface area contributed by atoms with E-state index in [4.69, 9.17) is 10.4 Å². The topological polar surface area (TPSA) is 114 Å². The Morgan fingerprint density at radius 1 is 1.16 bits per heavy atom. The maximum Gasteiger partial charge on any atom is 0.416 e. The van der Waals surface area contributed by atoms with E-state index in [0.717, 1.165) is 23.1 Å². The Balaban J connectivity index is 1.79. The summed E-state index contributed by atoms with van der Waals surface area (Å²) in [5.41, 5.74) is -0.632. The Hall–Kier alpha value is -3.98. The third-order valence-corrected chi connectivity index (χ3v) is 6.11. The number of hydrogen-bond acceptors (Lipinski definition) is 5. The van der Waals surface area contributed by atoms with Crippen LogP contribution in [-0.4, -0.2) is 54.0 Å². The molecule has 0 bridgehead atoms. The van der Waals surface area contributed by atoms with Crippen molar-refractivity contribution in [3.63, 3.8) is 0 Å². The molecule has 8 nitrogen and oxygen atoms in total. The lowest BCUT2D eigenvalue weighted by Gasteiger charge is -2.42. The average molecular weight is 520 g/mol. The Morgan fingerprint density at radius 2 is 1.84 bits per heavy atom. The van der Waals surface area contributed by atoms with Crippen molar-refractivity contribution in [2.45, 2.75) is 31.6 Å². The van der Waals surface area contributed by atoms with Crippen molar-refractivity contribution in [3.05, 3.63) is 65.0 Å². The highest BCUT2D eigenvalue weighted by Crippen LogP contribution is 2.34. The van der Waals surface area contributed by atoms with Crippen LogP contribution >= 0.6 is 0 Å². The van der Waals surface area contributed by atoms with Crippen LogP contribution < -0.4 is 10.2 Å². The highest BCUT2D eigenvalue weighted by atomic mass is 19.4. The van der Waals surface area contributed by atoms with Gasteiger partial charge in [0.2, 0.25) is 18.2 Å². The van der Waals surface area contributed by atoms with Crippen molar-refractivity contribution in [1.82, 2.24) is 10.2 Å². The number of amides is 3. The van der Waals surface area contributed by atoms with Crippen LogP contribution in [0.1, 0.15) is 29.5 Å². The van der Waals surface area contributed by atoms with E-state index < -0.39 is 42.0 Å². The number of halogens is 4. The van der Waals surface area contributed by atoms with E-state index in [0.29, 0.717) is 5.56 Å². The molecule has 3 amide bonds. The molecule has 2 aromatic rings. The predicted octanol–water partition coefficient (Wildman–Crippen LogP) is 2.59.